The first-order valence-electron chi connectivity index (χ1n) is 17.8. The standard InChI is InChI=1S/C22H26N2O2.C21H24N2O2/c1-4-24(3)16-18-10-12-20(13-11-18)25-15-14-21-17(2)26-22(23-21)19-8-6-5-7-9-19;1-3-22-15-17-9-11-19(12-10-17)24-14-13-20-16(2)25-21(23-20)18-7-5-4-6-8-18/h5-13H,4,14-16H2,1-3H3;4-12,22H,3,13-15H2,1-2H3. The Morgan fingerprint density at radius 2 is 1.06 bits per heavy atom. The van der Waals surface area contributed by atoms with E-state index in [1.165, 1.54) is 11.1 Å². The summed E-state index contributed by atoms with van der Waals surface area (Å²) in [7, 11) is 2.12. The molecule has 2 aromatic heterocycles. The van der Waals surface area contributed by atoms with Crippen LogP contribution in [-0.4, -0.2) is 48.2 Å². The van der Waals surface area contributed by atoms with Crippen molar-refractivity contribution in [3.8, 4) is 34.4 Å². The molecule has 8 nitrogen and oxygen atoms in total. The van der Waals surface area contributed by atoms with Crippen molar-refractivity contribution in [1.29, 1.82) is 0 Å². The molecule has 6 aromatic rings. The quantitative estimate of drug-likeness (QED) is 0.108. The van der Waals surface area contributed by atoms with Crippen LogP contribution >= 0.6 is 0 Å². The van der Waals surface area contributed by atoms with Crippen LogP contribution in [0.4, 0.5) is 0 Å². The lowest BCUT2D eigenvalue weighted by molar-refractivity contribution is 0.319. The summed E-state index contributed by atoms with van der Waals surface area (Å²) in [4.78, 5) is 11.5. The normalized spacial score (nSPS) is 10.9. The Hall–Kier alpha value is -5.18. The van der Waals surface area contributed by atoms with Crippen molar-refractivity contribution in [2.45, 2.75) is 53.6 Å². The van der Waals surface area contributed by atoms with E-state index >= 15 is 0 Å². The maximum absolute atomic E-state index is 5.87. The van der Waals surface area contributed by atoms with E-state index in [1.807, 2.05) is 98.8 Å². The van der Waals surface area contributed by atoms with Crippen molar-refractivity contribution >= 4 is 0 Å². The van der Waals surface area contributed by atoms with Crippen LogP contribution in [-0.2, 0) is 25.9 Å². The number of nitrogens with zero attached hydrogens (tertiary/aromatic N) is 3. The summed E-state index contributed by atoms with van der Waals surface area (Å²) in [5.41, 5.74) is 6.44. The molecule has 0 aliphatic heterocycles. The molecule has 0 saturated carbocycles. The molecule has 0 fully saturated rings. The van der Waals surface area contributed by atoms with Gasteiger partial charge in [-0.1, -0.05) is 74.5 Å². The number of ether oxygens (including phenoxy) is 2. The molecular weight excluding hydrogens is 636 g/mol. The first-order chi connectivity index (χ1) is 24.9. The molecule has 0 unspecified atom stereocenters. The Kier molecular flexibility index (Phi) is 14.0. The number of rotatable bonds is 16. The van der Waals surface area contributed by atoms with Crippen LogP contribution in [0.5, 0.6) is 11.5 Å². The molecule has 0 amide bonds. The molecule has 0 atom stereocenters. The van der Waals surface area contributed by atoms with Crippen LogP contribution in [0.15, 0.2) is 118 Å². The fraction of sp³-hybridized carbons (Fsp3) is 0.302. The maximum Gasteiger partial charge on any atom is 0.226 e. The monoisotopic (exact) mass is 686 g/mol. The molecule has 6 rings (SSSR count). The van der Waals surface area contributed by atoms with Gasteiger partial charge in [-0.15, -0.1) is 0 Å². The van der Waals surface area contributed by atoms with Crippen molar-refractivity contribution in [2.75, 3.05) is 33.4 Å². The van der Waals surface area contributed by atoms with Gasteiger partial charge in [-0.2, -0.15) is 0 Å². The van der Waals surface area contributed by atoms with Gasteiger partial charge in [0.1, 0.15) is 23.0 Å². The molecule has 0 aliphatic rings. The van der Waals surface area contributed by atoms with Crippen molar-refractivity contribution in [1.82, 2.24) is 20.2 Å². The maximum atomic E-state index is 5.87. The van der Waals surface area contributed by atoms with E-state index in [0.717, 1.165) is 84.6 Å². The number of oxazole rings is 2. The van der Waals surface area contributed by atoms with Crippen LogP contribution in [0.25, 0.3) is 22.9 Å². The topological polar surface area (TPSA) is 85.8 Å². The minimum Gasteiger partial charge on any atom is -0.493 e. The van der Waals surface area contributed by atoms with Crippen molar-refractivity contribution in [2.24, 2.45) is 0 Å². The third-order valence-corrected chi connectivity index (χ3v) is 8.46. The van der Waals surface area contributed by atoms with Gasteiger partial charge < -0.3 is 28.5 Å². The van der Waals surface area contributed by atoms with Gasteiger partial charge in [-0.05, 0) is 93.6 Å². The van der Waals surface area contributed by atoms with Crippen LogP contribution in [0, 0.1) is 13.8 Å². The third-order valence-electron chi connectivity index (χ3n) is 8.46. The Bertz CT molecular complexity index is 1870. The average Bonchev–Trinajstić information content (AvgIpc) is 3.74. The van der Waals surface area contributed by atoms with Crippen LogP contribution in [0.3, 0.4) is 0 Å². The predicted octanol–water partition coefficient (Wildman–Crippen LogP) is 9.10. The molecule has 266 valence electrons. The lowest BCUT2D eigenvalue weighted by atomic mass is 10.2. The summed E-state index contributed by atoms with van der Waals surface area (Å²) in [6, 6.07) is 36.4. The Balaban J connectivity index is 0.000000198. The number of hydrogen-bond acceptors (Lipinski definition) is 8. The van der Waals surface area contributed by atoms with Crippen molar-refractivity contribution in [3.63, 3.8) is 0 Å². The average molecular weight is 687 g/mol. The number of aromatic nitrogens is 2. The summed E-state index contributed by atoms with van der Waals surface area (Å²) in [6.07, 6.45) is 1.45. The van der Waals surface area contributed by atoms with Gasteiger partial charge in [0.05, 0.1) is 24.6 Å². The summed E-state index contributed by atoms with van der Waals surface area (Å²) in [5.74, 6) is 4.80. The van der Waals surface area contributed by atoms with E-state index in [2.05, 4.69) is 65.3 Å². The second-order valence-electron chi connectivity index (χ2n) is 12.4. The summed E-state index contributed by atoms with van der Waals surface area (Å²) < 4.78 is 23.3. The molecule has 0 spiro atoms. The predicted molar refractivity (Wildman–Crippen MR) is 204 cm³/mol. The van der Waals surface area contributed by atoms with Gasteiger partial charge in [-0.3, -0.25) is 0 Å². The lowest BCUT2D eigenvalue weighted by Crippen LogP contribution is -2.16. The third kappa shape index (κ3) is 11.4. The van der Waals surface area contributed by atoms with Gasteiger partial charge in [0, 0.05) is 37.1 Å². The number of nitrogens with one attached hydrogen (secondary N) is 1. The Labute approximate surface area is 302 Å². The highest BCUT2D eigenvalue weighted by Crippen LogP contribution is 2.23. The van der Waals surface area contributed by atoms with Crippen molar-refractivity contribution in [3.05, 3.63) is 143 Å². The van der Waals surface area contributed by atoms with Crippen LogP contribution in [0.2, 0.25) is 0 Å². The van der Waals surface area contributed by atoms with E-state index in [9.17, 15) is 0 Å². The van der Waals surface area contributed by atoms with Crippen LogP contribution < -0.4 is 14.8 Å². The van der Waals surface area contributed by atoms with Crippen molar-refractivity contribution < 1.29 is 18.3 Å². The second kappa shape index (κ2) is 19.3. The van der Waals surface area contributed by atoms with E-state index in [4.69, 9.17) is 18.3 Å². The Morgan fingerprint density at radius 3 is 1.49 bits per heavy atom. The highest BCUT2D eigenvalue weighted by molar-refractivity contribution is 5.54. The molecule has 1 N–H and O–H groups in total. The molecule has 4 aromatic carbocycles. The zero-order chi connectivity index (χ0) is 35.8. The molecule has 0 radical (unpaired) electrons. The number of aryl methyl sites for hydroxylation is 2. The van der Waals surface area contributed by atoms with Gasteiger partial charge in [0.2, 0.25) is 11.8 Å². The number of hydrogen-bond donors (Lipinski definition) is 1. The molecule has 8 heteroatoms. The lowest BCUT2D eigenvalue weighted by Gasteiger charge is -2.14. The number of benzene rings is 4. The van der Waals surface area contributed by atoms with Gasteiger partial charge in [0.25, 0.3) is 0 Å². The summed E-state index contributed by atoms with van der Waals surface area (Å²) >= 11 is 0. The minimum atomic E-state index is 0.578. The zero-order valence-electron chi connectivity index (χ0n) is 30.5. The van der Waals surface area contributed by atoms with Gasteiger partial charge in [-0.25, -0.2) is 9.97 Å². The minimum absolute atomic E-state index is 0.578. The summed E-state index contributed by atoms with van der Waals surface area (Å²) in [5, 5.41) is 3.31. The Morgan fingerprint density at radius 1 is 0.608 bits per heavy atom. The molecule has 0 bridgehead atoms. The van der Waals surface area contributed by atoms with Gasteiger partial charge in [0.15, 0.2) is 0 Å². The molecular formula is C43H50N4O4. The highest BCUT2D eigenvalue weighted by atomic mass is 16.5. The fourth-order valence-corrected chi connectivity index (χ4v) is 5.35. The van der Waals surface area contributed by atoms with E-state index in [-0.39, 0.29) is 0 Å². The first kappa shape index (κ1) is 37.1. The smallest absolute Gasteiger partial charge is 0.226 e. The molecule has 51 heavy (non-hydrogen) atoms. The molecule has 0 aliphatic carbocycles. The molecule has 2 heterocycles. The highest BCUT2D eigenvalue weighted by Gasteiger charge is 2.12. The van der Waals surface area contributed by atoms with E-state index < -0.39 is 0 Å². The van der Waals surface area contributed by atoms with Crippen LogP contribution in [0.1, 0.15) is 47.9 Å². The fourth-order valence-electron chi connectivity index (χ4n) is 5.35. The second-order valence-corrected chi connectivity index (χ2v) is 12.4. The SMILES string of the molecule is CCN(C)Cc1ccc(OCCc2nc(-c3ccccc3)oc2C)cc1.CCNCc1ccc(OCCc2nc(-c3ccccc3)oc2C)cc1. The first-order valence-corrected chi connectivity index (χ1v) is 17.8. The molecule has 0 saturated heterocycles. The largest absolute Gasteiger partial charge is 0.493 e. The zero-order valence-corrected chi connectivity index (χ0v) is 30.5. The van der Waals surface area contributed by atoms with E-state index in [1.54, 1.807) is 0 Å². The summed E-state index contributed by atoms with van der Waals surface area (Å²) in [6.45, 7) is 13.2. The van der Waals surface area contributed by atoms with E-state index in [0.29, 0.717) is 25.0 Å². The van der Waals surface area contributed by atoms with Gasteiger partial charge >= 0.3 is 0 Å².